The van der Waals surface area contributed by atoms with Crippen LogP contribution in [0.3, 0.4) is 0 Å². The number of rotatable bonds is 8. The molecule has 1 aliphatic carbocycles. The van der Waals surface area contributed by atoms with Gasteiger partial charge in [0.15, 0.2) is 0 Å². The van der Waals surface area contributed by atoms with E-state index >= 15 is 0 Å². The standard InChI is InChI=1S/C32H39Cl2F4N2O/c1-39(30(41)23-8-10-29(35)26(19-23)32(36,37)38)21-24(22-7-9-27(33)28(34)20-22)11-15-40-16-12-31(13-17-40,14-18-40)25-5-3-2-4-6-25/h7-10,19-20,24-25H,2-6,11-18,21H2,1H3/q+1. The van der Waals surface area contributed by atoms with Gasteiger partial charge in [-0.05, 0) is 60.1 Å². The number of alkyl halides is 3. The minimum atomic E-state index is -4.88. The van der Waals surface area contributed by atoms with E-state index in [2.05, 4.69) is 0 Å². The lowest BCUT2D eigenvalue weighted by Gasteiger charge is -2.58. The number of benzene rings is 2. The summed E-state index contributed by atoms with van der Waals surface area (Å²) in [5.41, 5.74) is -0.159. The van der Waals surface area contributed by atoms with Crippen molar-refractivity contribution in [2.75, 3.05) is 39.8 Å². The van der Waals surface area contributed by atoms with E-state index in [1.807, 2.05) is 12.1 Å². The monoisotopic (exact) mass is 613 g/mol. The highest BCUT2D eigenvalue weighted by Crippen LogP contribution is 2.53. The number of fused-ring (bicyclic) bond motifs is 3. The van der Waals surface area contributed by atoms with Gasteiger partial charge in [0.2, 0.25) is 0 Å². The summed E-state index contributed by atoms with van der Waals surface area (Å²) in [5.74, 6) is -1.18. The summed E-state index contributed by atoms with van der Waals surface area (Å²) >= 11 is 12.6. The third kappa shape index (κ3) is 6.57. The van der Waals surface area contributed by atoms with Gasteiger partial charge in [0.05, 0.1) is 41.8 Å². The Kier molecular flexibility index (Phi) is 9.00. The summed E-state index contributed by atoms with van der Waals surface area (Å²) in [4.78, 5) is 14.7. The maximum absolute atomic E-state index is 13.8. The molecular weight excluding hydrogens is 575 g/mol. The number of halogens is 6. The van der Waals surface area contributed by atoms with Crippen molar-refractivity contribution in [3.63, 3.8) is 0 Å². The molecule has 1 amide bonds. The Morgan fingerprint density at radius 2 is 1.66 bits per heavy atom. The number of piperidine rings is 3. The van der Waals surface area contributed by atoms with Crippen molar-refractivity contribution in [1.82, 2.24) is 4.90 Å². The Bertz CT molecular complexity index is 1240. The van der Waals surface area contributed by atoms with E-state index in [0.717, 1.165) is 35.0 Å². The molecule has 2 aromatic carbocycles. The van der Waals surface area contributed by atoms with Crippen LogP contribution in [-0.4, -0.2) is 55.1 Å². The summed E-state index contributed by atoms with van der Waals surface area (Å²) < 4.78 is 54.8. The highest BCUT2D eigenvalue weighted by atomic mass is 35.5. The molecule has 0 aromatic heterocycles. The summed E-state index contributed by atoms with van der Waals surface area (Å²) in [5, 5.41) is 0.870. The minimum absolute atomic E-state index is 0.0827. The molecule has 1 atom stereocenters. The Labute approximate surface area is 250 Å². The van der Waals surface area contributed by atoms with E-state index in [9.17, 15) is 22.4 Å². The molecule has 6 rings (SSSR count). The maximum atomic E-state index is 13.8. The number of hydrogen-bond donors (Lipinski definition) is 0. The van der Waals surface area contributed by atoms with E-state index < -0.39 is 23.5 Å². The lowest BCUT2D eigenvalue weighted by Crippen LogP contribution is -2.63. The van der Waals surface area contributed by atoms with Crippen LogP contribution in [0.2, 0.25) is 10.0 Å². The van der Waals surface area contributed by atoms with E-state index in [4.69, 9.17) is 23.2 Å². The van der Waals surface area contributed by atoms with Gasteiger partial charge >= 0.3 is 6.18 Å². The first-order valence-electron chi connectivity index (χ1n) is 14.8. The highest BCUT2D eigenvalue weighted by Gasteiger charge is 2.52. The zero-order valence-electron chi connectivity index (χ0n) is 23.6. The molecule has 0 radical (unpaired) electrons. The zero-order chi connectivity index (χ0) is 29.4. The van der Waals surface area contributed by atoms with Gasteiger partial charge < -0.3 is 9.38 Å². The number of hydrogen-bond acceptors (Lipinski definition) is 1. The first-order valence-corrected chi connectivity index (χ1v) is 15.6. The van der Waals surface area contributed by atoms with E-state index in [1.165, 1.54) is 75.9 Å². The van der Waals surface area contributed by atoms with Crippen LogP contribution in [0.25, 0.3) is 0 Å². The van der Waals surface area contributed by atoms with Crippen LogP contribution in [0.1, 0.15) is 85.2 Å². The van der Waals surface area contributed by atoms with Gasteiger partial charge in [0.25, 0.3) is 5.91 Å². The van der Waals surface area contributed by atoms with E-state index in [1.54, 1.807) is 13.1 Å². The third-order valence-electron chi connectivity index (χ3n) is 10.4. The van der Waals surface area contributed by atoms with E-state index in [-0.39, 0.29) is 11.5 Å². The maximum Gasteiger partial charge on any atom is 0.419 e. The summed E-state index contributed by atoms with van der Waals surface area (Å²) in [6, 6.07) is 7.90. The predicted molar refractivity (Wildman–Crippen MR) is 155 cm³/mol. The van der Waals surface area contributed by atoms with Gasteiger partial charge in [-0.1, -0.05) is 48.5 Å². The van der Waals surface area contributed by atoms with E-state index in [0.29, 0.717) is 34.1 Å². The number of quaternary nitrogens is 1. The van der Waals surface area contributed by atoms with Gasteiger partial charge in [-0.3, -0.25) is 4.79 Å². The van der Waals surface area contributed by atoms with Crippen molar-refractivity contribution >= 4 is 29.1 Å². The van der Waals surface area contributed by atoms with Gasteiger partial charge in [-0.15, -0.1) is 0 Å². The zero-order valence-corrected chi connectivity index (χ0v) is 25.1. The van der Waals surface area contributed by atoms with Crippen molar-refractivity contribution in [2.45, 2.75) is 69.9 Å². The average Bonchev–Trinajstić information content (AvgIpc) is 2.97. The van der Waals surface area contributed by atoms with Crippen LogP contribution in [-0.2, 0) is 6.18 Å². The number of nitrogens with zero attached hydrogens (tertiary/aromatic N) is 2. The second-order valence-corrected chi connectivity index (χ2v) is 13.5. The number of carbonyl (C=O) groups is 1. The molecule has 41 heavy (non-hydrogen) atoms. The molecule has 3 nitrogen and oxygen atoms in total. The molecule has 224 valence electrons. The van der Waals surface area contributed by atoms with Gasteiger partial charge in [0.1, 0.15) is 5.82 Å². The number of amides is 1. The van der Waals surface area contributed by atoms with Crippen LogP contribution in [0.4, 0.5) is 17.6 Å². The fraction of sp³-hybridized carbons (Fsp3) is 0.594. The normalized spacial score (nSPS) is 25.7. The SMILES string of the molecule is CN(CC(CC[N+]12CCC(C3CCCCC3)(CC1)CC2)c1ccc(Cl)c(Cl)c1)C(=O)c1ccc(F)c(C(F)(F)F)c1. The van der Waals surface area contributed by atoms with Crippen molar-refractivity contribution in [3.8, 4) is 0 Å². The Morgan fingerprint density at radius 3 is 2.27 bits per heavy atom. The molecule has 2 bridgehead atoms. The van der Waals surface area contributed by atoms with Crippen LogP contribution < -0.4 is 0 Å². The van der Waals surface area contributed by atoms with Crippen molar-refractivity contribution in [1.29, 1.82) is 0 Å². The summed E-state index contributed by atoms with van der Waals surface area (Å²) in [6.07, 6.45) is 6.70. The van der Waals surface area contributed by atoms with Crippen LogP contribution in [0.5, 0.6) is 0 Å². The number of carbonyl (C=O) groups excluding carboxylic acids is 1. The van der Waals surface area contributed by atoms with Crippen LogP contribution >= 0.6 is 23.2 Å². The topological polar surface area (TPSA) is 20.3 Å². The molecular formula is C32H39Cl2F4N2O+. The molecule has 9 heteroatoms. The highest BCUT2D eigenvalue weighted by molar-refractivity contribution is 6.42. The number of likely N-dealkylation sites (N-methyl/N-ethyl adjacent to an activating group) is 1. The predicted octanol–water partition coefficient (Wildman–Crippen LogP) is 8.98. The minimum Gasteiger partial charge on any atom is -0.341 e. The fourth-order valence-corrected chi connectivity index (χ4v) is 8.13. The fourth-order valence-electron chi connectivity index (χ4n) is 7.82. The Morgan fingerprint density at radius 1 is 1.00 bits per heavy atom. The molecule has 3 aliphatic heterocycles. The van der Waals surface area contributed by atoms with Crippen LogP contribution in [0, 0.1) is 17.2 Å². The Hall–Kier alpha value is -1.83. The lowest BCUT2D eigenvalue weighted by molar-refractivity contribution is -0.946. The molecule has 2 aromatic rings. The first kappa shape index (κ1) is 30.6. The second kappa shape index (κ2) is 12.0. The molecule has 0 spiro atoms. The molecule has 0 N–H and O–H groups in total. The largest absolute Gasteiger partial charge is 0.419 e. The molecule has 3 heterocycles. The molecule has 4 fully saturated rings. The van der Waals surface area contributed by atoms with Crippen LogP contribution in [0.15, 0.2) is 36.4 Å². The van der Waals surface area contributed by atoms with Crippen molar-refractivity contribution < 1.29 is 26.8 Å². The summed E-state index contributed by atoms with van der Waals surface area (Å²) in [7, 11) is 1.58. The first-order chi connectivity index (χ1) is 19.4. The molecule has 3 saturated heterocycles. The molecule has 1 unspecified atom stereocenters. The molecule has 4 aliphatic rings. The van der Waals surface area contributed by atoms with Gasteiger partial charge in [-0.25, -0.2) is 4.39 Å². The summed E-state index contributed by atoms with van der Waals surface area (Å²) in [6.45, 7) is 4.84. The van der Waals surface area contributed by atoms with Crippen molar-refractivity contribution in [3.05, 3.63) is 69.0 Å². The van der Waals surface area contributed by atoms with Crippen molar-refractivity contribution in [2.24, 2.45) is 11.3 Å². The quantitative estimate of drug-likeness (QED) is 0.215. The molecule has 1 saturated carbocycles. The second-order valence-electron chi connectivity index (χ2n) is 12.7. The Balaban J connectivity index is 1.30. The van der Waals surface area contributed by atoms with Gasteiger partial charge in [0, 0.05) is 50.8 Å². The smallest absolute Gasteiger partial charge is 0.341 e. The average molecular weight is 615 g/mol. The third-order valence-corrected chi connectivity index (χ3v) is 11.2. The van der Waals surface area contributed by atoms with Gasteiger partial charge in [-0.2, -0.15) is 13.2 Å². The lowest BCUT2D eigenvalue weighted by atomic mass is 9.59.